The van der Waals surface area contributed by atoms with Crippen LogP contribution in [0.1, 0.15) is 31.3 Å². The largest absolute Gasteiger partial charge is 0.443 e. The van der Waals surface area contributed by atoms with Gasteiger partial charge in [0.2, 0.25) is 5.76 Å². The monoisotopic (exact) mass is 303 g/mol. The molecule has 7 heteroatoms. The van der Waals surface area contributed by atoms with Gasteiger partial charge in [-0.25, -0.2) is 4.79 Å². The number of carbonyl (C=O) groups is 3. The van der Waals surface area contributed by atoms with Gasteiger partial charge in [-0.3, -0.25) is 9.59 Å². The minimum absolute atomic E-state index is 0.0732. The molecule has 2 aromatic rings. The Morgan fingerprint density at radius 2 is 1.71 bits per heavy atom. The van der Waals surface area contributed by atoms with Crippen LogP contribution >= 0.6 is 11.8 Å². The van der Waals surface area contributed by atoms with Gasteiger partial charge in [0.1, 0.15) is 0 Å². The number of rotatable bonds is 3. The Morgan fingerprint density at radius 1 is 1.10 bits per heavy atom. The summed E-state index contributed by atoms with van der Waals surface area (Å²) in [6, 6.07) is 9.29. The van der Waals surface area contributed by atoms with E-state index in [0.717, 1.165) is 0 Å². The first-order valence-corrected chi connectivity index (χ1v) is 7.18. The van der Waals surface area contributed by atoms with E-state index in [1.165, 1.54) is 30.0 Å². The van der Waals surface area contributed by atoms with Crippen LogP contribution in [0.25, 0.3) is 0 Å². The first kappa shape index (κ1) is 13.4. The normalized spacial score (nSPS) is 13.5. The van der Waals surface area contributed by atoms with E-state index in [-0.39, 0.29) is 16.9 Å². The van der Waals surface area contributed by atoms with Crippen molar-refractivity contribution in [2.45, 2.75) is 5.09 Å². The molecule has 0 bridgehead atoms. The third-order valence-electron chi connectivity index (χ3n) is 2.91. The Hall–Kier alpha value is -2.54. The fourth-order valence-electron chi connectivity index (χ4n) is 1.92. The highest BCUT2D eigenvalue weighted by Gasteiger charge is 2.39. The zero-order valence-electron chi connectivity index (χ0n) is 10.9. The van der Waals surface area contributed by atoms with Gasteiger partial charge in [0.15, 0.2) is 5.09 Å². The summed E-state index contributed by atoms with van der Waals surface area (Å²) in [5.41, 5.74) is 0.416. The lowest BCUT2D eigenvalue weighted by atomic mass is 10.1. The van der Waals surface area contributed by atoms with Crippen molar-refractivity contribution in [3.63, 3.8) is 0 Å². The fraction of sp³-hybridized carbons (Fsp3) is 0.0714. The minimum atomic E-state index is -0.898. The smallest absolute Gasteiger partial charge is 0.399 e. The molecule has 6 nitrogen and oxygen atoms in total. The van der Waals surface area contributed by atoms with Crippen molar-refractivity contribution >= 4 is 29.5 Å². The van der Waals surface area contributed by atoms with Crippen LogP contribution in [0.2, 0.25) is 0 Å². The molecular formula is C14H9NO5S. The number of amides is 2. The van der Waals surface area contributed by atoms with Gasteiger partial charge in [-0.1, -0.05) is 29.0 Å². The van der Waals surface area contributed by atoms with E-state index in [0.29, 0.717) is 10.2 Å². The van der Waals surface area contributed by atoms with E-state index < -0.39 is 17.8 Å². The number of hydrogen-bond donors (Lipinski definition) is 0. The second kappa shape index (κ2) is 5.10. The number of nitrogens with zero attached hydrogens (tertiary/aromatic N) is 1. The maximum atomic E-state index is 12.0. The van der Waals surface area contributed by atoms with Crippen LogP contribution in [0.3, 0.4) is 0 Å². The van der Waals surface area contributed by atoms with Crippen LogP contribution in [0, 0.1) is 0 Å². The third kappa shape index (κ3) is 2.21. The van der Waals surface area contributed by atoms with Crippen molar-refractivity contribution < 1.29 is 23.6 Å². The average molecular weight is 303 g/mol. The third-order valence-corrected chi connectivity index (χ3v) is 3.54. The van der Waals surface area contributed by atoms with E-state index in [1.54, 1.807) is 24.5 Å². The number of hydroxylamine groups is 2. The number of thioether (sulfide) groups is 1. The molecule has 0 radical (unpaired) electrons. The summed E-state index contributed by atoms with van der Waals surface area (Å²) < 4.78 is 5.19. The highest BCUT2D eigenvalue weighted by molar-refractivity contribution is 7.98. The Labute approximate surface area is 123 Å². The number of furan rings is 1. The SMILES string of the molecule is CSc1ccc(C(=O)ON2C(=O)c3ccccc3C2=O)o1. The molecule has 0 fully saturated rings. The molecule has 0 saturated heterocycles. The molecule has 0 unspecified atom stereocenters. The Bertz CT molecular complexity index is 716. The van der Waals surface area contributed by atoms with Crippen molar-refractivity contribution in [1.82, 2.24) is 5.06 Å². The van der Waals surface area contributed by atoms with Gasteiger partial charge in [-0.2, -0.15) is 0 Å². The molecule has 0 saturated carbocycles. The zero-order valence-corrected chi connectivity index (χ0v) is 11.7. The fourth-order valence-corrected chi connectivity index (χ4v) is 2.29. The standard InChI is InChI=1S/C14H9NO5S/c1-21-11-7-6-10(19-11)14(18)20-15-12(16)8-4-2-3-5-9(8)13(15)17/h2-7H,1H3. The average Bonchev–Trinajstić information content (AvgIpc) is 3.07. The van der Waals surface area contributed by atoms with E-state index in [2.05, 4.69) is 0 Å². The summed E-state index contributed by atoms with van der Waals surface area (Å²) in [6.07, 6.45) is 1.79. The summed E-state index contributed by atoms with van der Waals surface area (Å²) >= 11 is 1.32. The lowest BCUT2D eigenvalue weighted by Gasteiger charge is -2.11. The van der Waals surface area contributed by atoms with E-state index in [9.17, 15) is 14.4 Å². The molecule has 1 aliphatic heterocycles. The number of imide groups is 1. The molecule has 0 aliphatic carbocycles. The minimum Gasteiger partial charge on any atom is -0.443 e. The summed E-state index contributed by atoms with van der Waals surface area (Å²) in [5, 5.41) is 0.984. The molecule has 1 aliphatic rings. The molecule has 2 amide bonds. The van der Waals surface area contributed by atoms with E-state index in [1.807, 2.05) is 0 Å². The van der Waals surface area contributed by atoms with Gasteiger partial charge < -0.3 is 9.25 Å². The van der Waals surface area contributed by atoms with Crippen LogP contribution in [0.15, 0.2) is 45.9 Å². The molecule has 0 N–H and O–H groups in total. The van der Waals surface area contributed by atoms with Gasteiger partial charge >= 0.3 is 5.97 Å². The van der Waals surface area contributed by atoms with E-state index in [4.69, 9.17) is 9.25 Å². The lowest BCUT2D eigenvalue weighted by molar-refractivity contribution is -0.0605. The molecule has 1 aromatic heterocycles. The van der Waals surface area contributed by atoms with Gasteiger partial charge in [-0.15, -0.1) is 0 Å². The molecule has 0 atom stereocenters. The molecule has 21 heavy (non-hydrogen) atoms. The summed E-state index contributed by atoms with van der Waals surface area (Å²) in [5.74, 6) is -2.30. The molecule has 106 valence electrons. The molecule has 1 aromatic carbocycles. The second-order valence-corrected chi connectivity index (χ2v) is 4.96. The quantitative estimate of drug-likeness (QED) is 0.640. The topological polar surface area (TPSA) is 76.8 Å². The van der Waals surface area contributed by atoms with Crippen molar-refractivity contribution in [2.75, 3.05) is 6.26 Å². The van der Waals surface area contributed by atoms with Crippen LogP contribution in [0.4, 0.5) is 0 Å². The maximum Gasteiger partial charge on any atom is 0.399 e. The van der Waals surface area contributed by atoms with Crippen LogP contribution in [-0.2, 0) is 4.84 Å². The summed E-state index contributed by atoms with van der Waals surface area (Å²) in [4.78, 5) is 40.8. The van der Waals surface area contributed by atoms with Crippen molar-refractivity contribution in [1.29, 1.82) is 0 Å². The van der Waals surface area contributed by atoms with Crippen molar-refractivity contribution in [3.8, 4) is 0 Å². The van der Waals surface area contributed by atoms with Crippen LogP contribution < -0.4 is 0 Å². The highest BCUT2D eigenvalue weighted by atomic mass is 32.2. The molecule has 3 rings (SSSR count). The predicted molar refractivity (Wildman–Crippen MR) is 72.8 cm³/mol. The van der Waals surface area contributed by atoms with Gasteiger partial charge in [-0.05, 0) is 30.5 Å². The Kier molecular flexibility index (Phi) is 3.26. The highest BCUT2D eigenvalue weighted by Crippen LogP contribution is 2.24. The molecular weight excluding hydrogens is 294 g/mol. The van der Waals surface area contributed by atoms with Gasteiger partial charge in [0.05, 0.1) is 11.1 Å². The Balaban J connectivity index is 1.82. The molecule has 0 spiro atoms. The molecule has 2 heterocycles. The van der Waals surface area contributed by atoms with Crippen LogP contribution in [0.5, 0.6) is 0 Å². The summed E-state index contributed by atoms with van der Waals surface area (Å²) in [6.45, 7) is 0. The first-order chi connectivity index (χ1) is 10.1. The van der Waals surface area contributed by atoms with Crippen molar-refractivity contribution in [2.24, 2.45) is 0 Å². The van der Waals surface area contributed by atoms with Crippen molar-refractivity contribution in [3.05, 3.63) is 53.3 Å². The number of carbonyl (C=O) groups excluding carboxylic acids is 3. The number of hydrogen-bond acceptors (Lipinski definition) is 6. The van der Waals surface area contributed by atoms with Gasteiger partial charge in [0, 0.05) is 0 Å². The number of benzene rings is 1. The van der Waals surface area contributed by atoms with E-state index >= 15 is 0 Å². The number of fused-ring (bicyclic) bond motifs is 1. The maximum absolute atomic E-state index is 12.0. The Morgan fingerprint density at radius 3 is 2.24 bits per heavy atom. The predicted octanol–water partition coefficient (Wildman–Crippen LogP) is 2.37. The zero-order chi connectivity index (χ0) is 15.0. The lowest BCUT2D eigenvalue weighted by Crippen LogP contribution is -2.32. The second-order valence-electron chi connectivity index (χ2n) is 4.15. The first-order valence-electron chi connectivity index (χ1n) is 5.95. The van der Waals surface area contributed by atoms with Crippen LogP contribution in [-0.4, -0.2) is 29.1 Å². The summed E-state index contributed by atoms with van der Waals surface area (Å²) in [7, 11) is 0. The van der Waals surface area contributed by atoms with Gasteiger partial charge in [0.25, 0.3) is 11.8 Å².